The fraction of sp³-hybridized carbons (Fsp3) is 0.714. The van der Waals surface area contributed by atoms with Gasteiger partial charge >= 0.3 is 0 Å². The van der Waals surface area contributed by atoms with Crippen molar-refractivity contribution in [3.8, 4) is 0 Å². The van der Waals surface area contributed by atoms with Gasteiger partial charge in [-0.2, -0.15) is 0 Å². The maximum Gasteiger partial charge on any atom is 0.0176 e. The molecule has 1 nitrogen and oxygen atoms in total. The third-order valence-electron chi connectivity index (χ3n) is 2.04. The lowest BCUT2D eigenvalue weighted by atomic mass is 10.00. The molecule has 0 spiro atoms. The summed E-state index contributed by atoms with van der Waals surface area (Å²) in [6, 6.07) is 0. The van der Waals surface area contributed by atoms with Crippen molar-refractivity contribution in [3.63, 3.8) is 0 Å². The molecule has 2 aliphatic rings. The van der Waals surface area contributed by atoms with Crippen LogP contribution in [0, 0.1) is 5.92 Å². The van der Waals surface area contributed by atoms with E-state index in [-0.39, 0.29) is 0 Å². The standard InChI is InChI=1S/C7H11NS/c1-3-8-5-6-2-4-9-7(1)6/h2,4,6-8H,1,3,5H2. The summed E-state index contributed by atoms with van der Waals surface area (Å²) in [6.07, 6.45) is 3.68. The van der Waals surface area contributed by atoms with E-state index in [2.05, 4.69) is 16.8 Å². The zero-order chi connectivity index (χ0) is 6.10. The van der Waals surface area contributed by atoms with Crippen molar-refractivity contribution in [3.05, 3.63) is 11.5 Å². The van der Waals surface area contributed by atoms with Crippen LogP contribution in [0.3, 0.4) is 0 Å². The van der Waals surface area contributed by atoms with E-state index in [1.165, 1.54) is 19.5 Å². The van der Waals surface area contributed by atoms with Gasteiger partial charge in [-0.3, -0.25) is 0 Å². The first kappa shape index (κ1) is 5.81. The van der Waals surface area contributed by atoms with Gasteiger partial charge in [-0.25, -0.2) is 0 Å². The number of thioether (sulfide) groups is 1. The van der Waals surface area contributed by atoms with Gasteiger partial charge in [0, 0.05) is 17.7 Å². The van der Waals surface area contributed by atoms with Crippen molar-refractivity contribution in [2.45, 2.75) is 11.7 Å². The molecule has 2 heteroatoms. The summed E-state index contributed by atoms with van der Waals surface area (Å²) in [4.78, 5) is 0. The molecule has 0 aliphatic carbocycles. The number of rotatable bonds is 0. The maximum absolute atomic E-state index is 3.39. The molecule has 0 aromatic carbocycles. The molecule has 2 unspecified atom stereocenters. The Morgan fingerprint density at radius 2 is 2.56 bits per heavy atom. The van der Waals surface area contributed by atoms with Gasteiger partial charge in [0.15, 0.2) is 0 Å². The molecule has 0 saturated carbocycles. The number of nitrogens with one attached hydrogen (secondary N) is 1. The van der Waals surface area contributed by atoms with Crippen molar-refractivity contribution in [2.24, 2.45) is 5.92 Å². The Bertz CT molecular complexity index is 133. The van der Waals surface area contributed by atoms with Gasteiger partial charge in [0.2, 0.25) is 0 Å². The number of piperidine rings is 1. The number of hydrogen-bond acceptors (Lipinski definition) is 2. The summed E-state index contributed by atoms with van der Waals surface area (Å²) in [5.41, 5.74) is 0. The lowest BCUT2D eigenvalue weighted by molar-refractivity contribution is 0.456. The normalized spacial score (nSPS) is 40.9. The molecule has 0 aromatic rings. The van der Waals surface area contributed by atoms with Crippen LogP contribution in [0.2, 0.25) is 0 Å². The zero-order valence-corrected chi connectivity index (χ0v) is 6.16. The van der Waals surface area contributed by atoms with Crippen LogP contribution < -0.4 is 5.32 Å². The smallest absolute Gasteiger partial charge is 0.0176 e. The fourth-order valence-electron chi connectivity index (χ4n) is 1.47. The summed E-state index contributed by atoms with van der Waals surface area (Å²) in [7, 11) is 0. The molecule has 2 aliphatic heterocycles. The van der Waals surface area contributed by atoms with E-state index in [0.29, 0.717) is 0 Å². The van der Waals surface area contributed by atoms with Crippen molar-refractivity contribution in [2.75, 3.05) is 13.1 Å². The number of fused-ring (bicyclic) bond motifs is 1. The highest BCUT2D eigenvalue weighted by Gasteiger charge is 2.25. The van der Waals surface area contributed by atoms with Gasteiger partial charge in [-0.15, -0.1) is 11.8 Å². The van der Waals surface area contributed by atoms with E-state index in [9.17, 15) is 0 Å². The number of hydrogen-bond donors (Lipinski definition) is 1. The molecular weight excluding hydrogens is 130 g/mol. The predicted molar refractivity (Wildman–Crippen MR) is 41.5 cm³/mol. The van der Waals surface area contributed by atoms with Crippen molar-refractivity contribution in [1.29, 1.82) is 0 Å². The minimum atomic E-state index is 0.837. The summed E-state index contributed by atoms with van der Waals surface area (Å²) in [5, 5.41) is 6.55. The van der Waals surface area contributed by atoms with Crippen molar-refractivity contribution < 1.29 is 0 Å². The van der Waals surface area contributed by atoms with Gasteiger partial charge in [0.25, 0.3) is 0 Å². The third-order valence-corrected chi connectivity index (χ3v) is 3.29. The molecule has 1 N–H and O–H groups in total. The quantitative estimate of drug-likeness (QED) is 0.544. The van der Waals surface area contributed by atoms with Crippen LogP contribution in [0.25, 0.3) is 0 Å². The summed E-state index contributed by atoms with van der Waals surface area (Å²) in [5.74, 6) is 0.837. The molecule has 0 amide bonds. The predicted octanol–water partition coefficient (Wildman–Crippen LogP) is 1.23. The Hall–Kier alpha value is 0.0500. The lowest BCUT2D eigenvalue weighted by Crippen LogP contribution is -2.35. The van der Waals surface area contributed by atoms with Gasteiger partial charge in [0.05, 0.1) is 0 Å². The van der Waals surface area contributed by atoms with Crippen LogP contribution in [-0.4, -0.2) is 18.3 Å². The lowest BCUT2D eigenvalue weighted by Gasteiger charge is -2.24. The Balaban J connectivity index is 2.03. The van der Waals surface area contributed by atoms with Gasteiger partial charge in [0.1, 0.15) is 0 Å². The second-order valence-corrected chi connectivity index (χ2v) is 3.81. The van der Waals surface area contributed by atoms with E-state index < -0.39 is 0 Å². The molecule has 0 aromatic heterocycles. The third kappa shape index (κ3) is 1.01. The van der Waals surface area contributed by atoms with E-state index in [4.69, 9.17) is 0 Å². The van der Waals surface area contributed by atoms with Crippen LogP contribution in [0.15, 0.2) is 11.5 Å². The second-order valence-electron chi connectivity index (χ2n) is 2.66. The Morgan fingerprint density at radius 3 is 3.44 bits per heavy atom. The molecule has 1 fully saturated rings. The summed E-state index contributed by atoms with van der Waals surface area (Å²) >= 11 is 2.01. The SMILES string of the molecule is C1=CC2CNCCC2S1. The van der Waals surface area contributed by atoms with E-state index >= 15 is 0 Å². The molecular formula is C7H11NS. The van der Waals surface area contributed by atoms with Crippen LogP contribution >= 0.6 is 11.8 Å². The zero-order valence-electron chi connectivity index (χ0n) is 5.34. The average molecular weight is 141 g/mol. The van der Waals surface area contributed by atoms with E-state index in [0.717, 1.165) is 11.2 Å². The van der Waals surface area contributed by atoms with Crippen LogP contribution in [0.4, 0.5) is 0 Å². The fourth-order valence-corrected chi connectivity index (χ4v) is 2.60. The molecule has 0 bridgehead atoms. The van der Waals surface area contributed by atoms with Gasteiger partial charge in [-0.1, -0.05) is 6.08 Å². The summed E-state index contributed by atoms with van der Waals surface area (Å²) < 4.78 is 0. The van der Waals surface area contributed by atoms with Crippen molar-refractivity contribution >= 4 is 11.8 Å². The Labute approximate surface area is 59.9 Å². The summed E-state index contributed by atoms with van der Waals surface area (Å²) in [6.45, 7) is 2.42. The van der Waals surface area contributed by atoms with Crippen LogP contribution in [0.5, 0.6) is 0 Å². The first-order chi connectivity index (χ1) is 4.47. The van der Waals surface area contributed by atoms with Gasteiger partial charge < -0.3 is 5.32 Å². The molecule has 2 heterocycles. The highest BCUT2D eigenvalue weighted by atomic mass is 32.2. The molecule has 1 saturated heterocycles. The molecule has 0 radical (unpaired) electrons. The first-order valence-electron chi connectivity index (χ1n) is 3.50. The molecule has 50 valence electrons. The Morgan fingerprint density at radius 1 is 1.56 bits per heavy atom. The van der Waals surface area contributed by atoms with Crippen LogP contribution in [-0.2, 0) is 0 Å². The van der Waals surface area contributed by atoms with Crippen LogP contribution in [0.1, 0.15) is 6.42 Å². The van der Waals surface area contributed by atoms with Gasteiger partial charge in [-0.05, 0) is 18.4 Å². The molecule has 2 rings (SSSR count). The minimum absolute atomic E-state index is 0.837. The average Bonchev–Trinajstić information content (AvgIpc) is 2.33. The molecule has 9 heavy (non-hydrogen) atoms. The Kier molecular flexibility index (Phi) is 1.52. The second kappa shape index (κ2) is 2.35. The van der Waals surface area contributed by atoms with Crippen molar-refractivity contribution in [1.82, 2.24) is 5.32 Å². The topological polar surface area (TPSA) is 12.0 Å². The minimum Gasteiger partial charge on any atom is -0.316 e. The largest absolute Gasteiger partial charge is 0.316 e. The first-order valence-corrected chi connectivity index (χ1v) is 4.44. The van der Waals surface area contributed by atoms with E-state index in [1.807, 2.05) is 11.8 Å². The highest BCUT2D eigenvalue weighted by Crippen LogP contribution is 2.33. The van der Waals surface area contributed by atoms with E-state index in [1.54, 1.807) is 0 Å². The molecule has 2 atom stereocenters. The maximum atomic E-state index is 3.39. The highest BCUT2D eigenvalue weighted by molar-refractivity contribution is 8.03. The monoisotopic (exact) mass is 141 g/mol.